The average Bonchev–Trinajstić information content (AvgIpc) is 2.08. The highest BCUT2D eigenvalue weighted by Crippen LogP contribution is 2.23. The van der Waals surface area contributed by atoms with Gasteiger partial charge < -0.3 is 4.74 Å². The molecular formula is C9H14O3. The zero-order chi connectivity index (χ0) is 9.30. The summed E-state index contributed by atoms with van der Waals surface area (Å²) in [6, 6.07) is 0. The van der Waals surface area contributed by atoms with Gasteiger partial charge in [0.1, 0.15) is 12.0 Å². The summed E-state index contributed by atoms with van der Waals surface area (Å²) in [5.41, 5.74) is 0. The summed E-state index contributed by atoms with van der Waals surface area (Å²) in [6.07, 6.45) is 0.506. The molecule has 0 aromatic rings. The Morgan fingerprint density at radius 2 is 1.92 bits per heavy atom. The Bertz CT molecular complexity index is 210. The minimum Gasteiger partial charge on any atom is -0.461 e. The number of ketones is 1. The van der Waals surface area contributed by atoms with Crippen LogP contribution in [0.25, 0.3) is 0 Å². The highest BCUT2D eigenvalue weighted by molar-refractivity contribution is 6.01. The highest BCUT2D eigenvalue weighted by Gasteiger charge is 2.38. The van der Waals surface area contributed by atoms with E-state index in [0.29, 0.717) is 6.42 Å². The van der Waals surface area contributed by atoms with Crippen LogP contribution < -0.4 is 0 Å². The molecule has 3 atom stereocenters. The number of hydrogen-bond acceptors (Lipinski definition) is 3. The third-order valence-electron chi connectivity index (χ3n) is 2.46. The Balaban J connectivity index is 2.77. The Kier molecular flexibility index (Phi) is 2.50. The van der Waals surface area contributed by atoms with Gasteiger partial charge in [-0.1, -0.05) is 13.8 Å². The number of cyclic esters (lactones) is 1. The summed E-state index contributed by atoms with van der Waals surface area (Å²) in [5, 5.41) is 0. The lowest BCUT2D eigenvalue weighted by molar-refractivity contribution is -0.169. The van der Waals surface area contributed by atoms with Gasteiger partial charge in [-0.15, -0.1) is 0 Å². The van der Waals surface area contributed by atoms with Crippen LogP contribution in [0.1, 0.15) is 27.2 Å². The van der Waals surface area contributed by atoms with Gasteiger partial charge >= 0.3 is 5.97 Å². The SMILES string of the molecule is CC[C@H]1OC(=O)[C@@H](C)C(=O)[C@H]1C. The molecule has 0 spiro atoms. The van der Waals surface area contributed by atoms with Gasteiger partial charge in [0.15, 0.2) is 5.78 Å². The van der Waals surface area contributed by atoms with Gasteiger partial charge in [-0.25, -0.2) is 0 Å². The maximum Gasteiger partial charge on any atom is 0.316 e. The summed E-state index contributed by atoms with van der Waals surface area (Å²) >= 11 is 0. The van der Waals surface area contributed by atoms with E-state index in [4.69, 9.17) is 4.74 Å². The molecule has 0 bridgehead atoms. The Hall–Kier alpha value is -0.860. The van der Waals surface area contributed by atoms with Crippen LogP contribution in [0.3, 0.4) is 0 Å². The molecule has 1 saturated heterocycles. The molecule has 3 nitrogen and oxygen atoms in total. The molecule has 12 heavy (non-hydrogen) atoms. The van der Waals surface area contributed by atoms with E-state index in [-0.39, 0.29) is 23.8 Å². The van der Waals surface area contributed by atoms with Gasteiger partial charge in [0.25, 0.3) is 0 Å². The lowest BCUT2D eigenvalue weighted by Gasteiger charge is -2.29. The molecule has 0 aromatic carbocycles. The van der Waals surface area contributed by atoms with E-state index in [0.717, 1.165) is 0 Å². The van der Waals surface area contributed by atoms with Crippen molar-refractivity contribution in [3.05, 3.63) is 0 Å². The number of Topliss-reactive ketones (excluding diaryl/α,β-unsaturated/α-hetero) is 1. The van der Waals surface area contributed by atoms with Crippen molar-refractivity contribution in [2.24, 2.45) is 11.8 Å². The lowest BCUT2D eigenvalue weighted by Crippen LogP contribution is -2.43. The average molecular weight is 170 g/mol. The van der Waals surface area contributed by atoms with E-state index in [9.17, 15) is 9.59 Å². The zero-order valence-corrected chi connectivity index (χ0v) is 7.66. The number of carbonyl (C=O) groups excluding carboxylic acids is 2. The molecule has 0 amide bonds. The molecule has 1 heterocycles. The molecule has 0 aliphatic carbocycles. The van der Waals surface area contributed by atoms with E-state index in [2.05, 4.69) is 0 Å². The van der Waals surface area contributed by atoms with Crippen molar-refractivity contribution in [2.45, 2.75) is 33.3 Å². The third kappa shape index (κ3) is 1.36. The third-order valence-corrected chi connectivity index (χ3v) is 2.46. The van der Waals surface area contributed by atoms with E-state index >= 15 is 0 Å². The first kappa shape index (κ1) is 9.23. The summed E-state index contributed by atoms with van der Waals surface area (Å²) in [7, 11) is 0. The molecular weight excluding hydrogens is 156 g/mol. The van der Waals surface area contributed by atoms with E-state index in [1.165, 1.54) is 0 Å². The molecule has 1 aliphatic rings. The topological polar surface area (TPSA) is 43.4 Å². The largest absolute Gasteiger partial charge is 0.461 e. The van der Waals surface area contributed by atoms with Crippen LogP contribution in [0.5, 0.6) is 0 Å². The summed E-state index contributed by atoms with van der Waals surface area (Å²) in [5.74, 6) is -1.06. The van der Waals surface area contributed by atoms with Crippen LogP contribution in [0.15, 0.2) is 0 Å². The van der Waals surface area contributed by atoms with Gasteiger partial charge in [-0.05, 0) is 13.3 Å². The number of rotatable bonds is 1. The van der Waals surface area contributed by atoms with Crippen molar-refractivity contribution in [1.29, 1.82) is 0 Å². The number of esters is 1. The standard InChI is InChI=1S/C9H14O3/c1-4-7-5(2)8(10)6(3)9(11)12-7/h5-7H,4H2,1-3H3/t5-,6-,7+/m0/s1. The van der Waals surface area contributed by atoms with Crippen LogP contribution >= 0.6 is 0 Å². The van der Waals surface area contributed by atoms with Crippen molar-refractivity contribution < 1.29 is 14.3 Å². The van der Waals surface area contributed by atoms with Gasteiger partial charge in [-0.3, -0.25) is 9.59 Å². The monoisotopic (exact) mass is 170 g/mol. The molecule has 1 fully saturated rings. The molecule has 0 unspecified atom stereocenters. The predicted molar refractivity (Wildman–Crippen MR) is 43.5 cm³/mol. The fourth-order valence-corrected chi connectivity index (χ4v) is 1.48. The smallest absolute Gasteiger partial charge is 0.316 e. The molecule has 68 valence electrons. The van der Waals surface area contributed by atoms with Crippen LogP contribution in [-0.2, 0) is 14.3 Å². The fourth-order valence-electron chi connectivity index (χ4n) is 1.48. The quantitative estimate of drug-likeness (QED) is 0.438. The van der Waals surface area contributed by atoms with Crippen LogP contribution in [0, 0.1) is 11.8 Å². The molecule has 3 heteroatoms. The number of carbonyl (C=O) groups is 2. The van der Waals surface area contributed by atoms with E-state index < -0.39 is 5.92 Å². The van der Waals surface area contributed by atoms with Crippen LogP contribution in [-0.4, -0.2) is 17.9 Å². The van der Waals surface area contributed by atoms with Gasteiger partial charge in [0.05, 0.1) is 5.92 Å². The Labute approximate surface area is 72.1 Å². The lowest BCUT2D eigenvalue weighted by atomic mass is 9.87. The predicted octanol–water partition coefficient (Wildman–Crippen LogP) is 1.16. The van der Waals surface area contributed by atoms with Crippen molar-refractivity contribution in [3.63, 3.8) is 0 Å². The summed E-state index contributed by atoms with van der Waals surface area (Å²) in [6.45, 7) is 5.34. The maximum atomic E-state index is 11.4. The van der Waals surface area contributed by atoms with Gasteiger partial charge in [-0.2, -0.15) is 0 Å². The van der Waals surface area contributed by atoms with Crippen molar-refractivity contribution in [3.8, 4) is 0 Å². The Morgan fingerprint density at radius 1 is 1.33 bits per heavy atom. The molecule has 0 radical (unpaired) electrons. The van der Waals surface area contributed by atoms with Crippen molar-refractivity contribution >= 4 is 11.8 Å². The maximum absolute atomic E-state index is 11.4. The highest BCUT2D eigenvalue weighted by atomic mass is 16.5. The second-order valence-corrected chi connectivity index (χ2v) is 3.30. The molecule has 0 aromatic heterocycles. The van der Waals surface area contributed by atoms with E-state index in [1.54, 1.807) is 6.92 Å². The first-order chi connectivity index (χ1) is 5.57. The normalized spacial score (nSPS) is 36.4. The molecule has 1 rings (SSSR count). The number of hydrogen-bond donors (Lipinski definition) is 0. The van der Waals surface area contributed by atoms with Crippen LogP contribution in [0.2, 0.25) is 0 Å². The second-order valence-electron chi connectivity index (χ2n) is 3.30. The fraction of sp³-hybridized carbons (Fsp3) is 0.778. The minimum absolute atomic E-state index is 0.0121. The van der Waals surface area contributed by atoms with Crippen molar-refractivity contribution in [2.75, 3.05) is 0 Å². The van der Waals surface area contributed by atoms with Crippen LogP contribution in [0.4, 0.5) is 0 Å². The second kappa shape index (κ2) is 3.25. The zero-order valence-electron chi connectivity index (χ0n) is 7.66. The first-order valence-electron chi connectivity index (χ1n) is 4.32. The Morgan fingerprint density at radius 3 is 2.42 bits per heavy atom. The minimum atomic E-state index is -0.567. The van der Waals surface area contributed by atoms with Gasteiger partial charge in [0, 0.05) is 0 Å². The summed E-state index contributed by atoms with van der Waals surface area (Å²) < 4.78 is 5.07. The van der Waals surface area contributed by atoms with E-state index in [1.807, 2.05) is 13.8 Å². The number of ether oxygens (including phenoxy) is 1. The summed E-state index contributed by atoms with van der Waals surface area (Å²) in [4.78, 5) is 22.5. The van der Waals surface area contributed by atoms with Crippen molar-refractivity contribution in [1.82, 2.24) is 0 Å². The van der Waals surface area contributed by atoms with Gasteiger partial charge in [0.2, 0.25) is 0 Å². The molecule has 1 aliphatic heterocycles. The molecule has 0 saturated carbocycles. The first-order valence-corrected chi connectivity index (χ1v) is 4.32. The molecule has 0 N–H and O–H groups in total.